The van der Waals surface area contributed by atoms with Crippen molar-refractivity contribution in [2.75, 3.05) is 0 Å². The van der Waals surface area contributed by atoms with E-state index in [1.54, 1.807) is 24.3 Å². The van der Waals surface area contributed by atoms with Crippen molar-refractivity contribution in [3.8, 4) is 5.88 Å². The molecule has 8 nitrogen and oxygen atoms in total. The molecule has 1 aliphatic carbocycles. The molecule has 2 atom stereocenters. The number of carbonyl (C=O) groups excluding carboxylic acids is 1. The van der Waals surface area contributed by atoms with Gasteiger partial charge >= 0.3 is 0 Å². The van der Waals surface area contributed by atoms with Gasteiger partial charge in [-0.25, -0.2) is 4.98 Å². The van der Waals surface area contributed by atoms with Crippen LogP contribution in [0.25, 0.3) is 21.1 Å². The highest BCUT2D eigenvalue weighted by Gasteiger charge is 2.25. The summed E-state index contributed by atoms with van der Waals surface area (Å²) in [5.41, 5.74) is 2.74. The van der Waals surface area contributed by atoms with E-state index in [9.17, 15) is 14.7 Å². The molecule has 0 aliphatic heterocycles. The molecule has 5 rings (SSSR count). The summed E-state index contributed by atoms with van der Waals surface area (Å²) in [5.74, 6) is -0.145. The van der Waals surface area contributed by atoms with E-state index < -0.39 is 11.9 Å². The average molecular weight is 450 g/mol. The van der Waals surface area contributed by atoms with Crippen LogP contribution in [-0.4, -0.2) is 25.5 Å². The summed E-state index contributed by atoms with van der Waals surface area (Å²) in [7, 11) is 0. The number of nitrogens with zero attached hydrogens (tertiary/aromatic N) is 4. The van der Waals surface area contributed by atoms with Gasteiger partial charge in [-0.2, -0.15) is 0 Å². The number of aromatic amines is 1. The number of aryl methyl sites for hydroxylation is 2. The highest BCUT2D eigenvalue weighted by molar-refractivity contribution is 7.18. The Morgan fingerprint density at radius 3 is 3.03 bits per heavy atom. The lowest BCUT2D eigenvalue weighted by molar-refractivity contribution is -0.121. The predicted molar refractivity (Wildman–Crippen MR) is 124 cm³/mol. The normalized spacial score (nSPS) is 17.3. The minimum Gasteiger partial charge on any atom is -0.493 e. The van der Waals surface area contributed by atoms with E-state index in [-0.39, 0.29) is 17.1 Å². The molecule has 0 radical (unpaired) electrons. The third kappa shape index (κ3) is 3.24. The minimum absolute atomic E-state index is 0.155. The lowest BCUT2D eigenvalue weighted by Gasteiger charge is -2.17. The molecule has 1 aromatic carbocycles. The fourth-order valence-electron chi connectivity index (χ4n) is 4.36. The first-order valence-corrected chi connectivity index (χ1v) is 11.4. The zero-order valence-corrected chi connectivity index (χ0v) is 18.9. The van der Waals surface area contributed by atoms with Gasteiger partial charge in [0.2, 0.25) is 5.88 Å². The minimum atomic E-state index is -0.865. The Labute approximate surface area is 187 Å². The summed E-state index contributed by atoms with van der Waals surface area (Å²) >= 11 is 1.58. The first-order valence-electron chi connectivity index (χ1n) is 10.6. The van der Waals surface area contributed by atoms with Gasteiger partial charge in [0.15, 0.2) is 5.69 Å². The van der Waals surface area contributed by atoms with Gasteiger partial charge in [0.05, 0.1) is 17.2 Å². The maximum Gasteiger partial charge on any atom is 0.287 e. The number of amides is 1. The fourth-order valence-corrected chi connectivity index (χ4v) is 5.70. The Morgan fingerprint density at radius 1 is 1.41 bits per heavy atom. The molecule has 32 heavy (non-hydrogen) atoms. The molecule has 0 spiro atoms. The van der Waals surface area contributed by atoms with Gasteiger partial charge < -0.3 is 10.1 Å². The van der Waals surface area contributed by atoms with Crippen LogP contribution < -0.4 is 5.56 Å². The predicted octanol–water partition coefficient (Wildman–Crippen LogP) is 4.95. The topological polar surface area (TPSA) is 113 Å². The summed E-state index contributed by atoms with van der Waals surface area (Å²) in [6.45, 7) is 5.74. The molecule has 1 aliphatic rings. The Bertz CT molecular complexity index is 1460. The summed E-state index contributed by atoms with van der Waals surface area (Å²) in [5, 5.41) is 19.3. The summed E-state index contributed by atoms with van der Waals surface area (Å²) in [4.78, 5) is 35.3. The SMILES string of the molecule is Cc1cccc2c(N=NC(=O)[C@@H](C)n3cnc4sc5c(c4c3=O)CC[C@@H](C)C5)c(O)[nH]c12. The molecule has 3 aromatic heterocycles. The van der Waals surface area contributed by atoms with E-state index in [0.717, 1.165) is 40.7 Å². The van der Waals surface area contributed by atoms with Crippen LogP contribution >= 0.6 is 11.3 Å². The molecule has 4 aromatic rings. The van der Waals surface area contributed by atoms with E-state index in [1.807, 2.05) is 19.1 Å². The monoisotopic (exact) mass is 449 g/mol. The van der Waals surface area contributed by atoms with Gasteiger partial charge in [-0.3, -0.25) is 14.2 Å². The first-order chi connectivity index (χ1) is 15.3. The van der Waals surface area contributed by atoms with Crippen molar-refractivity contribution >= 4 is 44.1 Å². The Hall–Kier alpha value is -3.33. The molecule has 1 amide bonds. The van der Waals surface area contributed by atoms with Crippen LogP contribution in [0.3, 0.4) is 0 Å². The van der Waals surface area contributed by atoms with Crippen LogP contribution in [0.15, 0.2) is 39.5 Å². The van der Waals surface area contributed by atoms with Gasteiger partial charge in [-0.05, 0) is 50.2 Å². The van der Waals surface area contributed by atoms with Crippen molar-refractivity contribution in [1.29, 1.82) is 0 Å². The number of azo groups is 1. The number of H-pyrrole nitrogens is 1. The lowest BCUT2D eigenvalue weighted by Crippen LogP contribution is -2.28. The van der Waals surface area contributed by atoms with Crippen molar-refractivity contribution in [1.82, 2.24) is 14.5 Å². The number of para-hydroxylation sites is 1. The van der Waals surface area contributed by atoms with E-state index in [1.165, 1.54) is 15.8 Å². The van der Waals surface area contributed by atoms with Crippen LogP contribution in [0.5, 0.6) is 5.88 Å². The zero-order valence-electron chi connectivity index (χ0n) is 18.0. The molecule has 0 unspecified atom stereocenters. The Morgan fingerprint density at radius 2 is 2.22 bits per heavy atom. The Kier molecular flexibility index (Phi) is 4.93. The second-order valence-corrected chi connectivity index (χ2v) is 9.61. The number of rotatable bonds is 3. The molecular formula is C23H23N5O3S. The van der Waals surface area contributed by atoms with Crippen molar-refractivity contribution in [3.05, 3.63) is 50.9 Å². The molecule has 9 heteroatoms. The van der Waals surface area contributed by atoms with Crippen LogP contribution in [0.2, 0.25) is 0 Å². The van der Waals surface area contributed by atoms with Crippen LogP contribution in [0.1, 0.15) is 42.3 Å². The number of aromatic nitrogens is 3. The molecule has 0 saturated carbocycles. The van der Waals surface area contributed by atoms with Crippen molar-refractivity contribution in [2.24, 2.45) is 16.1 Å². The van der Waals surface area contributed by atoms with Crippen LogP contribution in [0.4, 0.5) is 5.69 Å². The van der Waals surface area contributed by atoms with Crippen LogP contribution in [0, 0.1) is 12.8 Å². The number of hydrogen-bond donors (Lipinski definition) is 2. The van der Waals surface area contributed by atoms with E-state index in [0.29, 0.717) is 16.7 Å². The van der Waals surface area contributed by atoms with Gasteiger partial charge in [-0.1, -0.05) is 25.1 Å². The number of fused-ring (bicyclic) bond motifs is 4. The lowest BCUT2D eigenvalue weighted by atomic mass is 9.89. The largest absolute Gasteiger partial charge is 0.493 e. The molecule has 3 heterocycles. The molecular weight excluding hydrogens is 426 g/mol. The second-order valence-electron chi connectivity index (χ2n) is 8.52. The van der Waals surface area contributed by atoms with E-state index in [4.69, 9.17) is 0 Å². The summed E-state index contributed by atoms with van der Waals surface area (Å²) in [6.07, 6.45) is 4.29. The Balaban J connectivity index is 1.48. The van der Waals surface area contributed by atoms with Gasteiger partial charge in [-0.15, -0.1) is 21.6 Å². The van der Waals surface area contributed by atoms with Crippen molar-refractivity contribution < 1.29 is 9.90 Å². The van der Waals surface area contributed by atoms with Gasteiger partial charge in [0.1, 0.15) is 10.9 Å². The third-order valence-corrected chi connectivity index (χ3v) is 7.42. The van der Waals surface area contributed by atoms with Crippen molar-refractivity contribution in [2.45, 2.75) is 46.1 Å². The standard InChI is InChI=1S/C23H23N5O3S/c1-11-7-8-14-16(9-11)32-22-17(14)23(31)28(10-24-22)13(3)20(29)27-26-19-15-6-4-5-12(2)18(15)25-21(19)30/h4-6,10-11,13,25,30H,7-9H2,1-3H3/t11-,13-/m1/s1. The molecule has 0 bridgehead atoms. The fraction of sp³-hybridized carbons (Fsp3) is 0.348. The highest BCUT2D eigenvalue weighted by Crippen LogP contribution is 2.37. The number of aromatic hydroxyl groups is 1. The van der Waals surface area contributed by atoms with Crippen molar-refractivity contribution in [3.63, 3.8) is 0 Å². The third-order valence-electron chi connectivity index (χ3n) is 6.26. The van der Waals surface area contributed by atoms with E-state index in [2.05, 4.69) is 27.1 Å². The number of benzene rings is 1. The summed E-state index contributed by atoms with van der Waals surface area (Å²) < 4.78 is 1.33. The maximum atomic E-state index is 13.2. The zero-order chi connectivity index (χ0) is 22.6. The molecule has 0 saturated heterocycles. The second kappa shape index (κ2) is 7.67. The maximum absolute atomic E-state index is 13.2. The smallest absolute Gasteiger partial charge is 0.287 e. The summed E-state index contributed by atoms with van der Waals surface area (Å²) in [6, 6.07) is 4.68. The van der Waals surface area contributed by atoms with Gasteiger partial charge in [0.25, 0.3) is 11.5 Å². The molecule has 2 N–H and O–H groups in total. The first kappa shape index (κ1) is 20.6. The molecule has 164 valence electrons. The van der Waals surface area contributed by atoms with Crippen LogP contribution in [-0.2, 0) is 17.6 Å². The quantitative estimate of drug-likeness (QED) is 0.431. The number of carbonyl (C=O) groups is 1. The number of hydrogen-bond acceptors (Lipinski definition) is 6. The molecule has 0 fully saturated rings. The number of thiophene rings is 1. The van der Waals surface area contributed by atoms with Gasteiger partial charge in [0, 0.05) is 10.3 Å². The average Bonchev–Trinajstić information content (AvgIpc) is 3.29. The highest BCUT2D eigenvalue weighted by atomic mass is 32.1. The number of nitrogens with one attached hydrogen (secondary N) is 1. The van der Waals surface area contributed by atoms with E-state index >= 15 is 0 Å².